The summed E-state index contributed by atoms with van der Waals surface area (Å²) in [5, 5.41) is 10.2. The number of hydrogen-bond acceptors (Lipinski definition) is 6. The van der Waals surface area contributed by atoms with E-state index in [-0.39, 0.29) is 17.9 Å². The normalized spacial score (nSPS) is 18.3. The second-order valence-corrected chi connectivity index (χ2v) is 7.30. The van der Waals surface area contributed by atoms with Gasteiger partial charge in [-0.1, -0.05) is 19.9 Å². The summed E-state index contributed by atoms with van der Waals surface area (Å²) >= 11 is 1.74. The molecule has 130 valence electrons. The average Bonchev–Trinajstić information content (AvgIpc) is 3.26. The lowest BCUT2D eigenvalue weighted by molar-refractivity contribution is -0.140. The zero-order valence-electron chi connectivity index (χ0n) is 14.1. The number of carbonyl (C=O) groups is 1. The van der Waals surface area contributed by atoms with E-state index >= 15 is 0 Å². The lowest BCUT2D eigenvalue weighted by atomic mass is 10.2. The van der Waals surface area contributed by atoms with E-state index in [0.29, 0.717) is 37.9 Å². The lowest BCUT2D eigenvalue weighted by Crippen LogP contribution is -2.42. The van der Waals surface area contributed by atoms with Crippen LogP contribution in [0.2, 0.25) is 0 Å². The van der Waals surface area contributed by atoms with Gasteiger partial charge in [-0.25, -0.2) is 0 Å². The first kappa shape index (κ1) is 17.1. The van der Waals surface area contributed by atoms with Gasteiger partial charge in [0.2, 0.25) is 17.7 Å². The molecule has 1 atom stereocenters. The van der Waals surface area contributed by atoms with Crippen molar-refractivity contribution >= 4 is 17.2 Å². The van der Waals surface area contributed by atoms with Crippen LogP contribution in [0.15, 0.2) is 21.9 Å². The summed E-state index contributed by atoms with van der Waals surface area (Å²) < 4.78 is 11.4. The number of carbonyl (C=O) groups excluding carboxylic acids is 1. The Morgan fingerprint density at radius 3 is 3.04 bits per heavy atom. The highest BCUT2D eigenvalue weighted by Gasteiger charge is 2.29. The van der Waals surface area contributed by atoms with Gasteiger partial charge in [0.15, 0.2) is 6.10 Å². The van der Waals surface area contributed by atoms with E-state index in [0.717, 1.165) is 12.8 Å². The van der Waals surface area contributed by atoms with Gasteiger partial charge in [0, 0.05) is 23.8 Å². The van der Waals surface area contributed by atoms with Gasteiger partial charge in [0.05, 0.1) is 13.2 Å². The lowest BCUT2D eigenvalue weighted by Gasteiger charge is -2.31. The summed E-state index contributed by atoms with van der Waals surface area (Å²) in [5.41, 5.74) is 0. The van der Waals surface area contributed by atoms with Gasteiger partial charge < -0.3 is 14.1 Å². The number of aryl methyl sites for hydroxylation is 1. The van der Waals surface area contributed by atoms with Gasteiger partial charge in [-0.15, -0.1) is 21.5 Å². The summed E-state index contributed by atoms with van der Waals surface area (Å²) in [6.45, 7) is 5.61. The van der Waals surface area contributed by atoms with Crippen molar-refractivity contribution in [1.82, 2.24) is 15.1 Å². The van der Waals surface area contributed by atoms with E-state index in [1.165, 1.54) is 4.88 Å². The molecule has 0 N–H and O–H groups in total. The fourth-order valence-corrected chi connectivity index (χ4v) is 3.41. The van der Waals surface area contributed by atoms with Crippen LogP contribution in [0.4, 0.5) is 0 Å². The van der Waals surface area contributed by atoms with E-state index < -0.39 is 0 Å². The molecule has 2 aromatic rings. The molecule has 3 rings (SSSR count). The molecule has 3 heterocycles. The van der Waals surface area contributed by atoms with E-state index in [9.17, 15) is 4.79 Å². The van der Waals surface area contributed by atoms with Gasteiger partial charge in [0.1, 0.15) is 0 Å². The predicted octanol–water partition coefficient (Wildman–Crippen LogP) is 3.18. The zero-order valence-corrected chi connectivity index (χ0v) is 14.9. The molecule has 1 saturated heterocycles. The number of nitrogens with zero attached hydrogens (tertiary/aromatic N) is 3. The van der Waals surface area contributed by atoms with Crippen LogP contribution in [-0.4, -0.2) is 40.7 Å². The van der Waals surface area contributed by atoms with E-state index in [1.807, 2.05) is 24.8 Å². The smallest absolute Gasteiger partial charge is 0.247 e. The minimum Gasteiger partial charge on any atom is -0.422 e. The van der Waals surface area contributed by atoms with Crippen molar-refractivity contribution in [3.05, 3.63) is 34.2 Å². The van der Waals surface area contributed by atoms with Crippen LogP contribution in [0.3, 0.4) is 0 Å². The van der Waals surface area contributed by atoms with Crippen molar-refractivity contribution in [2.24, 2.45) is 0 Å². The Morgan fingerprint density at radius 2 is 2.33 bits per heavy atom. The first-order valence-electron chi connectivity index (χ1n) is 8.38. The standard InChI is InChI=1S/C17H23N3O3S/c1-12(2)16-18-19-17(23-16)14-11-20(8-9-22-14)15(21)7-3-5-13-6-4-10-24-13/h4,6,10,12,14H,3,5,7-9,11H2,1-2H3. The van der Waals surface area contributed by atoms with Gasteiger partial charge >= 0.3 is 0 Å². The Balaban J connectivity index is 1.51. The Labute approximate surface area is 145 Å². The molecule has 1 aliphatic heterocycles. The summed E-state index contributed by atoms with van der Waals surface area (Å²) in [5.74, 6) is 1.43. The Kier molecular flexibility index (Phi) is 5.63. The molecule has 1 unspecified atom stereocenters. The van der Waals surface area contributed by atoms with Crippen molar-refractivity contribution < 1.29 is 13.9 Å². The number of rotatable bonds is 6. The van der Waals surface area contributed by atoms with Crippen molar-refractivity contribution in [1.29, 1.82) is 0 Å². The van der Waals surface area contributed by atoms with Crippen molar-refractivity contribution in [3.63, 3.8) is 0 Å². The number of thiophene rings is 1. The molecule has 0 radical (unpaired) electrons. The fourth-order valence-electron chi connectivity index (χ4n) is 2.66. The minimum atomic E-state index is -0.319. The van der Waals surface area contributed by atoms with Crippen LogP contribution in [0.25, 0.3) is 0 Å². The van der Waals surface area contributed by atoms with E-state index in [4.69, 9.17) is 9.15 Å². The fraction of sp³-hybridized carbons (Fsp3) is 0.588. The largest absolute Gasteiger partial charge is 0.422 e. The SMILES string of the molecule is CC(C)c1nnc(C2CN(C(=O)CCCc3cccs3)CCO2)o1. The molecule has 1 amide bonds. The number of amides is 1. The van der Waals surface area contributed by atoms with Gasteiger partial charge in [-0.2, -0.15) is 0 Å². The molecule has 7 heteroatoms. The maximum Gasteiger partial charge on any atom is 0.247 e. The molecular formula is C17H23N3O3S. The van der Waals surface area contributed by atoms with Crippen molar-refractivity contribution in [3.8, 4) is 0 Å². The quantitative estimate of drug-likeness (QED) is 0.801. The molecule has 0 spiro atoms. The second kappa shape index (κ2) is 7.90. The third-order valence-corrected chi connectivity index (χ3v) is 4.97. The van der Waals surface area contributed by atoms with Crippen LogP contribution in [0.1, 0.15) is 55.4 Å². The molecule has 6 nitrogen and oxygen atoms in total. The van der Waals surface area contributed by atoms with Crippen LogP contribution < -0.4 is 0 Å². The number of ether oxygens (including phenoxy) is 1. The first-order valence-corrected chi connectivity index (χ1v) is 9.26. The zero-order chi connectivity index (χ0) is 16.9. The molecule has 0 saturated carbocycles. The first-order chi connectivity index (χ1) is 11.6. The molecule has 0 bridgehead atoms. The number of hydrogen-bond donors (Lipinski definition) is 0. The van der Waals surface area contributed by atoms with Crippen molar-refractivity contribution in [2.45, 2.75) is 45.1 Å². The molecule has 1 aliphatic rings. The summed E-state index contributed by atoms with van der Waals surface area (Å²) in [7, 11) is 0. The van der Waals surface area contributed by atoms with Crippen LogP contribution >= 0.6 is 11.3 Å². The predicted molar refractivity (Wildman–Crippen MR) is 90.9 cm³/mol. The maximum atomic E-state index is 12.4. The number of morpholine rings is 1. The van der Waals surface area contributed by atoms with E-state index in [1.54, 1.807) is 11.3 Å². The molecule has 0 aliphatic carbocycles. The highest BCUT2D eigenvalue weighted by Crippen LogP contribution is 2.24. The van der Waals surface area contributed by atoms with Crippen LogP contribution in [-0.2, 0) is 16.0 Å². The molecule has 0 aromatic carbocycles. The topological polar surface area (TPSA) is 68.5 Å². The Hall–Kier alpha value is -1.73. The van der Waals surface area contributed by atoms with Crippen LogP contribution in [0.5, 0.6) is 0 Å². The Bertz CT molecular complexity index is 654. The van der Waals surface area contributed by atoms with Crippen molar-refractivity contribution in [2.75, 3.05) is 19.7 Å². The second-order valence-electron chi connectivity index (χ2n) is 6.27. The van der Waals surface area contributed by atoms with Gasteiger partial charge in [-0.05, 0) is 24.3 Å². The Morgan fingerprint density at radius 1 is 1.46 bits per heavy atom. The highest BCUT2D eigenvalue weighted by molar-refractivity contribution is 7.09. The third kappa shape index (κ3) is 4.21. The van der Waals surface area contributed by atoms with Crippen LogP contribution in [0, 0.1) is 0 Å². The highest BCUT2D eigenvalue weighted by atomic mass is 32.1. The average molecular weight is 349 g/mol. The maximum absolute atomic E-state index is 12.4. The van der Waals surface area contributed by atoms with Gasteiger partial charge in [0.25, 0.3) is 0 Å². The molecule has 24 heavy (non-hydrogen) atoms. The third-order valence-electron chi connectivity index (χ3n) is 4.04. The minimum absolute atomic E-state index is 0.170. The van der Waals surface area contributed by atoms with E-state index in [2.05, 4.69) is 21.6 Å². The molecule has 2 aromatic heterocycles. The monoisotopic (exact) mass is 349 g/mol. The summed E-state index contributed by atoms with van der Waals surface area (Å²) in [4.78, 5) is 15.6. The molecule has 1 fully saturated rings. The summed E-state index contributed by atoms with van der Waals surface area (Å²) in [6, 6.07) is 4.16. The number of aromatic nitrogens is 2. The molecular weight excluding hydrogens is 326 g/mol. The summed E-state index contributed by atoms with van der Waals surface area (Å²) in [6.07, 6.45) is 2.07. The van der Waals surface area contributed by atoms with Gasteiger partial charge in [-0.3, -0.25) is 4.79 Å².